The molecule has 1 unspecified atom stereocenters. The summed E-state index contributed by atoms with van der Waals surface area (Å²) in [5.74, 6) is 0.567. The second-order valence-corrected chi connectivity index (χ2v) is 4.20. The maximum absolute atomic E-state index is 5.99. The van der Waals surface area contributed by atoms with E-state index in [1.807, 2.05) is 31.2 Å². The van der Waals surface area contributed by atoms with Gasteiger partial charge in [-0.1, -0.05) is 23.7 Å². The van der Waals surface area contributed by atoms with Crippen molar-refractivity contribution in [1.82, 2.24) is 4.98 Å². The highest BCUT2D eigenvalue weighted by molar-refractivity contribution is 6.30. The summed E-state index contributed by atoms with van der Waals surface area (Å²) in [4.78, 5) is 4.20. The number of nitrogens with two attached hydrogens (primary N) is 1. The van der Waals surface area contributed by atoms with Gasteiger partial charge >= 0.3 is 0 Å². The van der Waals surface area contributed by atoms with E-state index >= 15 is 0 Å². The first-order chi connectivity index (χ1) is 7.65. The Balaban J connectivity index is 2.10. The van der Waals surface area contributed by atoms with Crippen LogP contribution in [0.2, 0.25) is 5.02 Å². The first-order valence-electron chi connectivity index (χ1n) is 5.07. The van der Waals surface area contributed by atoms with Crippen LogP contribution in [-0.2, 0) is 6.42 Å². The average molecular weight is 237 g/mol. The molecule has 0 radical (unpaired) electrons. The van der Waals surface area contributed by atoms with E-state index in [2.05, 4.69) is 4.98 Å². The largest absolute Gasteiger partial charge is 0.447 e. The van der Waals surface area contributed by atoms with Gasteiger partial charge in [-0.05, 0) is 31.0 Å². The Kier molecular flexibility index (Phi) is 3.27. The number of oxazole rings is 1. The summed E-state index contributed by atoms with van der Waals surface area (Å²) in [6.07, 6.45) is 2.27. The fourth-order valence-electron chi connectivity index (χ4n) is 1.55. The number of aromatic nitrogens is 1. The van der Waals surface area contributed by atoms with Crippen LogP contribution in [0.5, 0.6) is 0 Å². The Hall–Kier alpha value is -1.32. The van der Waals surface area contributed by atoms with Gasteiger partial charge in [-0.15, -0.1) is 0 Å². The molecule has 0 spiro atoms. The maximum Gasteiger partial charge on any atom is 0.211 e. The molecular formula is C12H13ClN2O. The molecule has 2 aromatic rings. The van der Waals surface area contributed by atoms with Gasteiger partial charge in [0.05, 0.1) is 11.7 Å². The normalized spacial score (nSPS) is 12.7. The predicted octanol–water partition coefficient (Wildman–Crippen LogP) is 2.88. The van der Waals surface area contributed by atoms with Crippen molar-refractivity contribution in [3.8, 4) is 0 Å². The lowest BCUT2D eigenvalue weighted by Crippen LogP contribution is -2.13. The summed E-state index contributed by atoms with van der Waals surface area (Å²) in [5.41, 5.74) is 7.91. The number of rotatable bonds is 3. The minimum absolute atomic E-state index is 0.229. The zero-order valence-electron chi connectivity index (χ0n) is 8.98. The lowest BCUT2D eigenvalue weighted by molar-refractivity contribution is 0.448. The third kappa shape index (κ3) is 2.62. The van der Waals surface area contributed by atoms with Crippen molar-refractivity contribution in [3.63, 3.8) is 0 Å². The zero-order valence-corrected chi connectivity index (χ0v) is 9.74. The highest BCUT2D eigenvalue weighted by Gasteiger charge is 2.12. The van der Waals surface area contributed by atoms with E-state index < -0.39 is 0 Å². The molecule has 0 aliphatic rings. The average Bonchev–Trinajstić information content (AvgIpc) is 2.65. The van der Waals surface area contributed by atoms with Crippen LogP contribution >= 0.6 is 11.6 Å². The van der Waals surface area contributed by atoms with Gasteiger partial charge in [0.1, 0.15) is 6.26 Å². The summed E-state index contributed by atoms with van der Waals surface area (Å²) in [6.45, 7) is 1.87. The van der Waals surface area contributed by atoms with E-state index in [1.54, 1.807) is 6.26 Å². The van der Waals surface area contributed by atoms with Gasteiger partial charge in [-0.2, -0.15) is 0 Å². The van der Waals surface area contributed by atoms with Crippen LogP contribution in [0.25, 0.3) is 0 Å². The third-order valence-electron chi connectivity index (χ3n) is 2.30. The molecule has 0 aliphatic heterocycles. The zero-order chi connectivity index (χ0) is 11.5. The summed E-state index contributed by atoms with van der Waals surface area (Å²) in [7, 11) is 0. The maximum atomic E-state index is 5.99. The van der Waals surface area contributed by atoms with E-state index in [0.717, 1.165) is 11.3 Å². The van der Waals surface area contributed by atoms with Crippen LogP contribution in [-0.4, -0.2) is 4.98 Å². The fourth-order valence-corrected chi connectivity index (χ4v) is 1.76. The summed E-state index contributed by atoms with van der Waals surface area (Å²) in [5, 5.41) is 0.716. The monoisotopic (exact) mass is 236 g/mol. The number of halogens is 1. The number of aryl methyl sites for hydroxylation is 1. The molecule has 0 saturated heterocycles. The Labute approximate surface area is 99.2 Å². The van der Waals surface area contributed by atoms with Crippen molar-refractivity contribution in [2.75, 3.05) is 0 Å². The Morgan fingerprint density at radius 1 is 1.50 bits per heavy atom. The van der Waals surface area contributed by atoms with Gasteiger partial charge in [-0.3, -0.25) is 0 Å². The fraction of sp³-hybridized carbons (Fsp3) is 0.250. The Morgan fingerprint density at radius 3 is 2.94 bits per heavy atom. The van der Waals surface area contributed by atoms with Gasteiger partial charge in [0.2, 0.25) is 5.89 Å². The van der Waals surface area contributed by atoms with Crippen molar-refractivity contribution < 1.29 is 4.42 Å². The molecule has 2 N–H and O–H groups in total. The van der Waals surface area contributed by atoms with Gasteiger partial charge in [-0.25, -0.2) is 4.98 Å². The van der Waals surface area contributed by atoms with Crippen molar-refractivity contribution >= 4 is 11.6 Å². The molecule has 1 aromatic heterocycles. The van der Waals surface area contributed by atoms with E-state index in [4.69, 9.17) is 21.8 Å². The van der Waals surface area contributed by atoms with Crippen LogP contribution in [0.3, 0.4) is 0 Å². The van der Waals surface area contributed by atoms with E-state index in [0.29, 0.717) is 17.3 Å². The molecule has 0 saturated carbocycles. The van der Waals surface area contributed by atoms with Crippen molar-refractivity contribution in [2.45, 2.75) is 19.4 Å². The molecule has 84 valence electrons. The summed E-state index contributed by atoms with van der Waals surface area (Å²) in [6, 6.07) is 7.41. The van der Waals surface area contributed by atoms with Crippen molar-refractivity contribution in [3.05, 3.63) is 52.7 Å². The molecule has 0 bridgehead atoms. The van der Waals surface area contributed by atoms with Crippen molar-refractivity contribution in [2.24, 2.45) is 5.73 Å². The molecule has 16 heavy (non-hydrogen) atoms. The van der Waals surface area contributed by atoms with E-state index in [-0.39, 0.29) is 6.04 Å². The number of hydrogen-bond donors (Lipinski definition) is 1. The Bertz CT molecular complexity index is 481. The molecule has 1 atom stereocenters. The highest BCUT2D eigenvalue weighted by atomic mass is 35.5. The molecule has 0 fully saturated rings. The molecule has 1 aromatic carbocycles. The second-order valence-electron chi connectivity index (χ2n) is 3.77. The van der Waals surface area contributed by atoms with Gasteiger partial charge in [0.25, 0.3) is 0 Å². The molecule has 3 nitrogen and oxygen atoms in total. The van der Waals surface area contributed by atoms with Crippen LogP contribution in [0.4, 0.5) is 0 Å². The number of hydrogen-bond acceptors (Lipinski definition) is 3. The summed E-state index contributed by atoms with van der Waals surface area (Å²) < 4.78 is 5.26. The lowest BCUT2D eigenvalue weighted by Gasteiger charge is -2.07. The van der Waals surface area contributed by atoms with Crippen molar-refractivity contribution in [1.29, 1.82) is 0 Å². The molecule has 4 heteroatoms. The van der Waals surface area contributed by atoms with Crippen LogP contribution in [0, 0.1) is 6.92 Å². The predicted molar refractivity (Wildman–Crippen MR) is 63.3 cm³/mol. The van der Waals surface area contributed by atoms with Gasteiger partial charge < -0.3 is 10.2 Å². The Morgan fingerprint density at radius 2 is 2.31 bits per heavy atom. The molecule has 1 heterocycles. The smallest absolute Gasteiger partial charge is 0.211 e. The summed E-state index contributed by atoms with van der Waals surface area (Å²) >= 11 is 5.90. The van der Waals surface area contributed by atoms with Gasteiger partial charge in [0, 0.05) is 5.02 Å². The SMILES string of the molecule is Cc1coc(C(N)Cc2cccc(Cl)c2)n1. The quantitative estimate of drug-likeness (QED) is 0.892. The number of nitrogens with zero attached hydrogens (tertiary/aromatic N) is 1. The highest BCUT2D eigenvalue weighted by Crippen LogP contribution is 2.18. The first-order valence-corrected chi connectivity index (χ1v) is 5.45. The molecule has 0 aliphatic carbocycles. The topological polar surface area (TPSA) is 52.0 Å². The molecular weight excluding hydrogens is 224 g/mol. The van der Waals surface area contributed by atoms with Crippen LogP contribution in [0.1, 0.15) is 23.2 Å². The number of benzene rings is 1. The van der Waals surface area contributed by atoms with Gasteiger partial charge in [0.15, 0.2) is 0 Å². The third-order valence-corrected chi connectivity index (χ3v) is 2.53. The second kappa shape index (κ2) is 4.68. The minimum atomic E-state index is -0.229. The standard InChI is InChI=1S/C12H13ClN2O/c1-8-7-16-12(15-8)11(14)6-9-3-2-4-10(13)5-9/h2-5,7,11H,6,14H2,1H3. The molecule has 2 rings (SSSR count). The van der Waals surface area contributed by atoms with Crippen LogP contribution < -0.4 is 5.73 Å². The first kappa shape index (κ1) is 11.2. The van der Waals surface area contributed by atoms with Crippen LogP contribution in [0.15, 0.2) is 34.9 Å². The van der Waals surface area contributed by atoms with E-state index in [1.165, 1.54) is 0 Å². The lowest BCUT2D eigenvalue weighted by atomic mass is 10.1. The molecule has 0 amide bonds. The minimum Gasteiger partial charge on any atom is -0.447 e. The van der Waals surface area contributed by atoms with E-state index in [9.17, 15) is 0 Å².